The number of ether oxygens (including phenoxy) is 1. The molecule has 0 saturated carbocycles. The van der Waals surface area contributed by atoms with Crippen LogP contribution >= 0.6 is 0 Å². The molecule has 0 fully saturated rings. The Morgan fingerprint density at radius 2 is 0.581 bits per heavy atom. The van der Waals surface area contributed by atoms with E-state index in [2.05, 4.69) is 43.5 Å². The minimum Gasteiger partial charge on any atom is -0.466 e. The normalized spacial score (nSPS) is 12.7. The number of esters is 1. The molecule has 86 heavy (non-hydrogen) atoms. The maximum absolute atomic E-state index is 12.5. The van der Waals surface area contributed by atoms with Crippen molar-refractivity contribution in [2.45, 2.75) is 450 Å². The van der Waals surface area contributed by atoms with Gasteiger partial charge in [0.05, 0.1) is 25.4 Å². The first-order valence-corrected chi connectivity index (χ1v) is 39.3. The summed E-state index contributed by atoms with van der Waals surface area (Å²) in [6.45, 7) is 4.93. The average molecular weight is 1210 g/mol. The van der Waals surface area contributed by atoms with Gasteiger partial charge < -0.3 is 20.3 Å². The SMILES string of the molecule is CCCCCC/C=C\C/C=C\CCCCCCCCCC(=O)OCCCCCCCCCCCCCCCCCCCCCCCCCCCCCCCC(=O)NC(CO)C(O)/C=C/CCCCCCCCCCCCCCCCCCCCCC. The zero-order valence-corrected chi connectivity index (χ0v) is 58.3. The zero-order valence-electron chi connectivity index (χ0n) is 58.3. The first-order valence-electron chi connectivity index (χ1n) is 39.3. The largest absolute Gasteiger partial charge is 0.466 e. The number of unbranched alkanes of at least 4 members (excludes halogenated alkanes) is 59. The summed E-state index contributed by atoms with van der Waals surface area (Å²) >= 11 is 0. The van der Waals surface area contributed by atoms with Crippen molar-refractivity contribution >= 4 is 11.9 Å². The van der Waals surface area contributed by atoms with Crippen LogP contribution in [0, 0.1) is 0 Å². The first-order chi connectivity index (χ1) is 42.5. The molecule has 3 N–H and O–H groups in total. The van der Waals surface area contributed by atoms with Gasteiger partial charge in [0.15, 0.2) is 0 Å². The van der Waals surface area contributed by atoms with Crippen molar-refractivity contribution in [2.24, 2.45) is 0 Å². The molecular formula is C80H153NO5. The molecule has 2 unspecified atom stereocenters. The van der Waals surface area contributed by atoms with E-state index in [1.54, 1.807) is 6.08 Å². The van der Waals surface area contributed by atoms with Crippen molar-refractivity contribution in [3.63, 3.8) is 0 Å². The lowest BCUT2D eigenvalue weighted by atomic mass is 10.0. The minimum absolute atomic E-state index is 0.0126. The summed E-state index contributed by atoms with van der Waals surface area (Å²) in [4.78, 5) is 24.7. The topological polar surface area (TPSA) is 95.9 Å². The highest BCUT2D eigenvalue weighted by Gasteiger charge is 2.18. The Hall–Kier alpha value is -1.92. The van der Waals surface area contributed by atoms with Gasteiger partial charge in [-0.1, -0.05) is 397 Å². The van der Waals surface area contributed by atoms with Crippen molar-refractivity contribution in [1.29, 1.82) is 0 Å². The van der Waals surface area contributed by atoms with Crippen LogP contribution in [-0.2, 0) is 14.3 Å². The van der Waals surface area contributed by atoms with Crippen LogP contribution in [0.4, 0.5) is 0 Å². The standard InChI is InChI=1S/C80H153NO5/c1-3-5-7-9-11-13-15-17-19-21-23-24-34-37-40-44-48-52-56-60-64-68-72-78(83)77(76-82)81-79(84)73-69-65-61-57-53-49-45-41-38-35-32-30-28-26-25-27-29-31-33-36-39-43-47-51-55-59-63-67-71-75-86-80(85)74-70-66-62-58-54-50-46-42-22-20-18-16-14-12-10-8-6-4-2/h14,16,20,22,68,72,77-78,82-83H,3-13,15,17-19,21,23-67,69-71,73-76H2,1-2H3,(H,81,84)/b16-14-,22-20-,72-68+. The van der Waals surface area contributed by atoms with Crippen LogP contribution in [0.1, 0.15) is 438 Å². The quantitative estimate of drug-likeness (QED) is 0.0320. The summed E-state index contributed by atoms with van der Waals surface area (Å²) in [5.74, 6) is -0.0473. The summed E-state index contributed by atoms with van der Waals surface area (Å²) in [5.41, 5.74) is 0. The molecule has 0 aromatic carbocycles. The Bertz CT molecular complexity index is 1390. The molecule has 6 heteroatoms. The van der Waals surface area contributed by atoms with E-state index in [0.29, 0.717) is 19.4 Å². The molecule has 0 saturated heterocycles. The van der Waals surface area contributed by atoms with Gasteiger partial charge in [-0.05, 0) is 64.2 Å². The molecule has 1 amide bonds. The molecule has 0 bridgehead atoms. The van der Waals surface area contributed by atoms with Crippen LogP contribution in [-0.4, -0.2) is 47.4 Å². The second-order valence-corrected chi connectivity index (χ2v) is 27.0. The van der Waals surface area contributed by atoms with E-state index in [-0.39, 0.29) is 18.5 Å². The van der Waals surface area contributed by atoms with Crippen molar-refractivity contribution in [2.75, 3.05) is 13.2 Å². The predicted molar refractivity (Wildman–Crippen MR) is 379 cm³/mol. The molecule has 0 rings (SSSR count). The molecule has 2 atom stereocenters. The molecule has 0 aromatic rings. The molecule has 0 radical (unpaired) electrons. The van der Waals surface area contributed by atoms with Gasteiger partial charge in [-0.15, -0.1) is 0 Å². The number of rotatable bonds is 74. The van der Waals surface area contributed by atoms with Gasteiger partial charge in [-0.25, -0.2) is 0 Å². The fourth-order valence-corrected chi connectivity index (χ4v) is 12.4. The summed E-state index contributed by atoms with van der Waals surface area (Å²) in [7, 11) is 0. The molecule has 0 spiro atoms. The molecular weight excluding hydrogens is 1050 g/mol. The van der Waals surface area contributed by atoms with Gasteiger partial charge in [0.2, 0.25) is 5.91 Å². The Kier molecular flexibility index (Phi) is 73.9. The fourth-order valence-electron chi connectivity index (χ4n) is 12.4. The predicted octanol–water partition coefficient (Wildman–Crippen LogP) is 25.8. The van der Waals surface area contributed by atoms with Crippen molar-refractivity contribution < 1.29 is 24.5 Å². The highest BCUT2D eigenvalue weighted by molar-refractivity contribution is 5.76. The van der Waals surface area contributed by atoms with Crippen LogP contribution in [0.5, 0.6) is 0 Å². The Labute approximate surface area is 538 Å². The highest BCUT2D eigenvalue weighted by atomic mass is 16.5. The van der Waals surface area contributed by atoms with Crippen LogP contribution in [0.25, 0.3) is 0 Å². The minimum atomic E-state index is -0.844. The van der Waals surface area contributed by atoms with Crippen LogP contribution in [0.3, 0.4) is 0 Å². The monoisotopic (exact) mass is 1210 g/mol. The van der Waals surface area contributed by atoms with Crippen molar-refractivity contribution in [1.82, 2.24) is 5.32 Å². The van der Waals surface area contributed by atoms with E-state index in [0.717, 1.165) is 51.4 Å². The maximum Gasteiger partial charge on any atom is 0.305 e. The van der Waals surface area contributed by atoms with E-state index < -0.39 is 12.1 Å². The molecule has 0 aliphatic rings. The Morgan fingerprint density at radius 1 is 0.326 bits per heavy atom. The van der Waals surface area contributed by atoms with Gasteiger partial charge in [0, 0.05) is 12.8 Å². The Morgan fingerprint density at radius 3 is 0.895 bits per heavy atom. The first kappa shape index (κ1) is 84.1. The van der Waals surface area contributed by atoms with Gasteiger partial charge in [-0.2, -0.15) is 0 Å². The number of aliphatic hydroxyl groups excluding tert-OH is 2. The lowest BCUT2D eigenvalue weighted by Gasteiger charge is -2.20. The number of aliphatic hydroxyl groups is 2. The van der Waals surface area contributed by atoms with E-state index in [1.165, 1.54) is 360 Å². The van der Waals surface area contributed by atoms with E-state index >= 15 is 0 Å². The van der Waals surface area contributed by atoms with Crippen LogP contribution < -0.4 is 5.32 Å². The number of carbonyl (C=O) groups is 2. The lowest BCUT2D eigenvalue weighted by molar-refractivity contribution is -0.143. The van der Waals surface area contributed by atoms with E-state index in [1.807, 2.05) is 6.08 Å². The molecule has 6 nitrogen and oxygen atoms in total. The van der Waals surface area contributed by atoms with Crippen molar-refractivity contribution in [3.8, 4) is 0 Å². The third-order valence-corrected chi connectivity index (χ3v) is 18.4. The van der Waals surface area contributed by atoms with E-state index in [9.17, 15) is 19.8 Å². The third-order valence-electron chi connectivity index (χ3n) is 18.4. The molecule has 0 aromatic heterocycles. The lowest BCUT2D eigenvalue weighted by Crippen LogP contribution is -2.45. The number of hydrogen-bond donors (Lipinski definition) is 3. The van der Waals surface area contributed by atoms with Gasteiger partial charge in [-0.3, -0.25) is 9.59 Å². The number of hydrogen-bond acceptors (Lipinski definition) is 5. The molecule has 508 valence electrons. The molecule has 0 aliphatic heterocycles. The van der Waals surface area contributed by atoms with E-state index in [4.69, 9.17) is 4.74 Å². The maximum atomic E-state index is 12.5. The fraction of sp³-hybridized carbons (Fsp3) is 0.900. The highest BCUT2D eigenvalue weighted by Crippen LogP contribution is 2.20. The van der Waals surface area contributed by atoms with Gasteiger partial charge in [0.25, 0.3) is 0 Å². The van der Waals surface area contributed by atoms with Crippen LogP contribution in [0.2, 0.25) is 0 Å². The number of nitrogens with one attached hydrogen (secondary N) is 1. The average Bonchev–Trinajstić information content (AvgIpc) is 3.53. The number of allylic oxidation sites excluding steroid dienone is 5. The summed E-state index contributed by atoms with van der Waals surface area (Å²) in [6, 6.07) is -0.627. The second-order valence-electron chi connectivity index (χ2n) is 27.0. The Balaban J connectivity index is 3.36. The third kappa shape index (κ3) is 71.2. The molecule has 0 heterocycles. The number of carbonyl (C=O) groups excluding carboxylic acids is 2. The van der Waals surface area contributed by atoms with Gasteiger partial charge >= 0.3 is 5.97 Å². The summed E-state index contributed by atoms with van der Waals surface area (Å²) in [5, 5.41) is 23.3. The van der Waals surface area contributed by atoms with Crippen molar-refractivity contribution in [3.05, 3.63) is 36.5 Å². The second kappa shape index (κ2) is 75.5. The molecule has 0 aliphatic carbocycles. The smallest absolute Gasteiger partial charge is 0.305 e. The van der Waals surface area contributed by atoms with Gasteiger partial charge in [0.1, 0.15) is 0 Å². The number of amides is 1. The summed E-state index contributed by atoms with van der Waals surface area (Å²) < 4.78 is 5.51. The zero-order chi connectivity index (χ0) is 62.0. The summed E-state index contributed by atoms with van der Waals surface area (Å²) in [6.07, 6.45) is 98.3. The van der Waals surface area contributed by atoms with Crippen LogP contribution in [0.15, 0.2) is 36.5 Å².